The lowest BCUT2D eigenvalue weighted by atomic mass is 9.89. The highest BCUT2D eigenvalue weighted by Crippen LogP contribution is 2.26. The Kier molecular flexibility index (Phi) is 5.81. The van der Waals surface area contributed by atoms with E-state index in [1.807, 2.05) is 6.20 Å². The second-order valence-corrected chi connectivity index (χ2v) is 7.82. The molecular weight excluding hydrogens is 326 g/mol. The molecule has 4 heteroatoms. The van der Waals surface area contributed by atoms with Gasteiger partial charge in [0.15, 0.2) is 0 Å². The number of halogens is 1. The quantitative estimate of drug-likeness (QED) is 0.871. The molecule has 0 saturated carbocycles. The summed E-state index contributed by atoms with van der Waals surface area (Å²) in [4.78, 5) is 7.17. The zero-order chi connectivity index (χ0) is 15.5. The molecule has 1 N–H and O–H groups in total. The maximum atomic E-state index is 4.55. The molecule has 1 aromatic heterocycles. The van der Waals surface area contributed by atoms with Crippen molar-refractivity contribution in [3.05, 3.63) is 28.5 Å². The van der Waals surface area contributed by atoms with Gasteiger partial charge in [0.2, 0.25) is 0 Å². The van der Waals surface area contributed by atoms with Crippen molar-refractivity contribution in [3.8, 4) is 0 Å². The van der Waals surface area contributed by atoms with Crippen molar-refractivity contribution >= 4 is 15.9 Å². The second kappa shape index (κ2) is 7.21. The Labute approximate surface area is 137 Å². The van der Waals surface area contributed by atoms with E-state index in [0.29, 0.717) is 6.04 Å². The van der Waals surface area contributed by atoms with Crippen LogP contribution in [0, 0.1) is 5.92 Å². The fourth-order valence-electron chi connectivity index (χ4n) is 3.05. The maximum Gasteiger partial charge on any atom is 0.0545 e. The van der Waals surface area contributed by atoms with Gasteiger partial charge in [-0.1, -0.05) is 20.8 Å². The van der Waals surface area contributed by atoms with Gasteiger partial charge >= 0.3 is 0 Å². The van der Waals surface area contributed by atoms with E-state index in [2.05, 4.69) is 71.0 Å². The molecule has 0 amide bonds. The normalized spacial score (nSPS) is 27.2. The van der Waals surface area contributed by atoms with Crippen LogP contribution in [0.15, 0.2) is 22.8 Å². The molecule has 3 nitrogen and oxygen atoms in total. The van der Waals surface area contributed by atoms with Gasteiger partial charge in [0, 0.05) is 41.9 Å². The minimum absolute atomic E-state index is 0.224. The average Bonchev–Trinajstić information content (AvgIpc) is 2.44. The Balaban J connectivity index is 2.08. The predicted octanol–water partition coefficient (Wildman–Crippen LogP) is 3.83. The van der Waals surface area contributed by atoms with E-state index in [0.717, 1.165) is 42.1 Å². The number of pyridine rings is 1. The first kappa shape index (κ1) is 16.9. The molecule has 1 aromatic rings. The van der Waals surface area contributed by atoms with Crippen LogP contribution in [0.25, 0.3) is 0 Å². The highest BCUT2D eigenvalue weighted by Gasteiger charge is 2.36. The minimum atomic E-state index is 0.224. The van der Waals surface area contributed by atoms with Crippen LogP contribution in [0.2, 0.25) is 0 Å². The molecule has 2 unspecified atom stereocenters. The summed E-state index contributed by atoms with van der Waals surface area (Å²) in [6.07, 6.45) is 4.29. The SMILES string of the molecule is CCC1(C)CNC(CC(C)C)CN1Cc1ccc(Br)cn1. The largest absolute Gasteiger partial charge is 0.311 e. The average molecular weight is 354 g/mol. The molecule has 0 aromatic carbocycles. The molecule has 1 aliphatic rings. The Morgan fingerprint density at radius 3 is 2.81 bits per heavy atom. The number of nitrogens with one attached hydrogen (secondary N) is 1. The lowest BCUT2D eigenvalue weighted by molar-refractivity contribution is 0.0362. The van der Waals surface area contributed by atoms with Crippen LogP contribution in [-0.2, 0) is 6.54 Å². The highest BCUT2D eigenvalue weighted by atomic mass is 79.9. The van der Waals surface area contributed by atoms with Crippen LogP contribution in [-0.4, -0.2) is 34.6 Å². The fraction of sp³-hybridized carbons (Fsp3) is 0.706. The standard InChI is InChI=1S/C17H28BrN3/c1-5-17(4)12-20-16(8-13(2)3)11-21(17)10-15-7-6-14(18)9-19-15/h6-7,9,13,16,20H,5,8,10-12H2,1-4H3. The molecule has 2 rings (SSSR count). The number of rotatable bonds is 5. The van der Waals surface area contributed by atoms with Crippen LogP contribution in [0.5, 0.6) is 0 Å². The van der Waals surface area contributed by atoms with Crippen molar-refractivity contribution in [3.63, 3.8) is 0 Å². The minimum Gasteiger partial charge on any atom is -0.311 e. The Bertz CT molecular complexity index is 446. The van der Waals surface area contributed by atoms with E-state index in [9.17, 15) is 0 Å². The van der Waals surface area contributed by atoms with Gasteiger partial charge in [-0.3, -0.25) is 9.88 Å². The summed E-state index contributed by atoms with van der Waals surface area (Å²) in [5.41, 5.74) is 1.38. The summed E-state index contributed by atoms with van der Waals surface area (Å²) in [7, 11) is 0. The molecule has 0 spiro atoms. The lowest BCUT2D eigenvalue weighted by Crippen LogP contribution is -2.62. The number of aromatic nitrogens is 1. The van der Waals surface area contributed by atoms with Crippen LogP contribution in [0.1, 0.15) is 46.2 Å². The highest BCUT2D eigenvalue weighted by molar-refractivity contribution is 9.10. The van der Waals surface area contributed by atoms with E-state index in [-0.39, 0.29) is 5.54 Å². The van der Waals surface area contributed by atoms with Crippen LogP contribution in [0.3, 0.4) is 0 Å². The summed E-state index contributed by atoms with van der Waals surface area (Å²) in [6.45, 7) is 12.4. The van der Waals surface area contributed by atoms with Gasteiger partial charge in [-0.05, 0) is 53.7 Å². The first-order chi connectivity index (χ1) is 9.93. The monoisotopic (exact) mass is 353 g/mol. The molecular formula is C17H28BrN3. The zero-order valence-corrected chi connectivity index (χ0v) is 15.3. The summed E-state index contributed by atoms with van der Waals surface area (Å²) in [6, 6.07) is 4.80. The Morgan fingerprint density at radius 2 is 2.24 bits per heavy atom. The van der Waals surface area contributed by atoms with Crippen molar-refractivity contribution in [1.29, 1.82) is 0 Å². The molecule has 0 radical (unpaired) electrons. The first-order valence-corrected chi connectivity index (χ1v) is 8.81. The summed E-state index contributed by atoms with van der Waals surface area (Å²) < 4.78 is 1.04. The van der Waals surface area contributed by atoms with E-state index in [1.165, 1.54) is 6.42 Å². The van der Waals surface area contributed by atoms with Gasteiger partial charge in [-0.2, -0.15) is 0 Å². The van der Waals surface area contributed by atoms with E-state index in [1.54, 1.807) is 0 Å². The summed E-state index contributed by atoms with van der Waals surface area (Å²) >= 11 is 3.46. The summed E-state index contributed by atoms with van der Waals surface area (Å²) in [5, 5.41) is 3.75. The molecule has 2 heterocycles. The number of hydrogen-bond acceptors (Lipinski definition) is 3. The van der Waals surface area contributed by atoms with Crippen LogP contribution in [0.4, 0.5) is 0 Å². The van der Waals surface area contributed by atoms with Gasteiger partial charge in [-0.25, -0.2) is 0 Å². The van der Waals surface area contributed by atoms with E-state index in [4.69, 9.17) is 0 Å². The molecule has 0 bridgehead atoms. The van der Waals surface area contributed by atoms with Gasteiger partial charge in [0.1, 0.15) is 0 Å². The zero-order valence-electron chi connectivity index (χ0n) is 13.7. The molecule has 1 aliphatic heterocycles. The molecule has 2 atom stereocenters. The number of nitrogens with zero attached hydrogens (tertiary/aromatic N) is 2. The van der Waals surface area contributed by atoms with Gasteiger partial charge in [0.25, 0.3) is 0 Å². The second-order valence-electron chi connectivity index (χ2n) is 6.91. The molecule has 118 valence electrons. The van der Waals surface area contributed by atoms with Crippen molar-refractivity contribution in [2.45, 2.75) is 58.7 Å². The third-order valence-electron chi connectivity index (χ3n) is 4.63. The summed E-state index contributed by atoms with van der Waals surface area (Å²) in [5.74, 6) is 0.737. The third kappa shape index (κ3) is 4.51. The van der Waals surface area contributed by atoms with Crippen LogP contribution >= 0.6 is 15.9 Å². The van der Waals surface area contributed by atoms with Gasteiger partial charge in [0.05, 0.1) is 5.69 Å². The molecule has 0 aliphatic carbocycles. The first-order valence-electron chi connectivity index (χ1n) is 8.02. The van der Waals surface area contributed by atoms with Crippen molar-refractivity contribution < 1.29 is 0 Å². The molecule has 1 saturated heterocycles. The number of piperazine rings is 1. The number of hydrogen-bond donors (Lipinski definition) is 1. The third-order valence-corrected chi connectivity index (χ3v) is 5.10. The lowest BCUT2D eigenvalue weighted by Gasteiger charge is -2.48. The predicted molar refractivity (Wildman–Crippen MR) is 92.3 cm³/mol. The topological polar surface area (TPSA) is 28.2 Å². The smallest absolute Gasteiger partial charge is 0.0545 e. The van der Waals surface area contributed by atoms with Crippen LogP contribution < -0.4 is 5.32 Å². The molecule has 21 heavy (non-hydrogen) atoms. The molecule has 1 fully saturated rings. The van der Waals surface area contributed by atoms with Crippen molar-refractivity contribution in [2.75, 3.05) is 13.1 Å². The Morgan fingerprint density at radius 1 is 1.48 bits per heavy atom. The maximum absolute atomic E-state index is 4.55. The van der Waals surface area contributed by atoms with E-state index < -0.39 is 0 Å². The fourth-order valence-corrected chi connectivity index (χ4v) is 3.29. The van der Waals surface area contributed by atoms with Gasteiger partial charge < -0.3 is 5.32 Å². The van der Waals surface area contributed by atoms with E-state index >= 15 is 0 Å². The Hall–Kier alpha value is -0.450. The van der Waals surface area contributed by atoms with Crippen molar-refractivity contribution in [2.24, 2.45) is 5.92 Å². The van der Waals surface area contributed by atoms with Gasteiger partial charge in [-0.15, -0.1) is 0 Å². The van der Waals surface area contributed by atoms with Crippen molar-refractivity contribution in [1.82, 2.24) is 15.2 Å².